The van der Waals surface area contributed by atoms with Crippen molar-refractivity contribution in [2.75, 3.05) is 4.90 Å². The predicted molar refractivity (Wildman–Crippen MR) is 123 cm³/mol. The van der Waals surface area contributed by atoms with Crippen LogP contribution < -0.4 is 9.64 Å². The molecule has 2 aromatic carbocycles. The summed E-state index contributed by atoms with van der Waals surface area (Å²) in [5.41, 5.74) is 4.06. The van der Waals surface area contributed by atoms with Crippen LogP contribution in [0.4, 0.5) is 10.1 Å². The highest BCUT2D eigenvalue weighted by Gasteiger charge is 2.33. The minimum absolute atomic E-state index is 0.103. The first-order valence-electron chi connectivity index (χ1n) is 10.4. The molecule has 1 aliphatic heterocycles. The lowest BCUT2D eigenvalue weighted by Crippen LogP contribution is -2.45. The second-order valence-electron chi connectivity index (χ2n) is 7.50. The molecule has 1 amide bonds. The van der Waals surface area contributed by atoms with Crippen molar-refractivity contribution in [2.45, 2.75) is 26.0 Å². The second-order valence-corrected chi connectivity index (χ2v) is 8.36. The summed E-state index contributed by atoms with van der Waals surface area (Å²) in [6.45, 7) is 2.26. The number of anilines is 1. The van der Waals surface area contributed by atoms with Crippen LogP contribution in [0.2, 0.25) is 0 Å². The molecule has 0 bridgehead atoms. The third-order valence-electron chi connectivity index (χ3n) is 5.37. The Morgan fingerprint density at radius 2 is 1.94 bits per heavy atom. The number of hydrogen-bond acceptors (Lipinski definition) is 5. The Kier molecular flexibility index (Phi) is 5.41. The average molecular weight is 446 g/mol. The topological polar surface area (TPSA) is 55.3 Å². The highest BCUT2D eigenvalue weighted by molar-refractivity contribution is 7.13. The predicted octanol–water partition coefficient (Wildman–Crippen LogP) is 5.72. The van der Waals surface area contributed by atoms with Gasteiger partial charge in [-0.25, -0.2) is 9.37 Å². The third-order valence-corrected chi connectivity index (χ3v) is 6.23. The number of fused-ring (bicyclic) bond motifs is 1. The minimum atomic E-state index is -0.538. The van der Waals surface area contributed by atoms with Gasteiger partial charge in [0, 0.05) is 17.1 Å². The van der Waals surface area contributed by atoms with Gasteiger partial charge in [0.15, 0.2) is 6.10 Å². The first kappa shape index (κ1) is 20.3. The van der Waals surface area contributed by atoms with Crippen molar-refractivity contribution in [1.29, 1.82) is 0 Å². The normalized spacial score (nSPS) is 15.4. The Labute approximate surface area is 189 Å². The number of hydrogen-bond donors (Lipinski definition) is 0. The lowest BCUT2D eigenvalue weighted by molar-refractivity contribution is -0.126. The molecule has 0 saturated heterocycles. The van der Waals surface area contributed by atoms with Crippen molar-refractivity contribution in [3.63, 3.8) is 0 Å². The number of rotatable bonds is 5. The van der Waals surface area contributed by atoms with E-state index in [4.69, 9.17) is 9.72 Å². The summed E-state index contributed by atoms with van der Waals surface area (Å²) in [5, 5.41) is 2.82. The fourth-order valence-corrected chi connectivity index (χ4v) is 4.49. The zero-order chi connectivity index (χ0) is 22.1. The van der Waals surface area contributed by atoms with E-state index in [0.717, 1.165) is 27.5 Å². The van der Waals surface area contributed by atoms with Crippen molar-refractivity contribution < 1.29 is 13.9 Å². The molecule has 5 nitrogen and oxygen atoms in total. The zero-order valence-corrected chi connectivity index (χ0v) is 18.2. The highest BCUT2D eigenvalue weighted by atomic mass is 32.1. The molecular formula is C25H20FN3O2S. The van der Waals surface area contributed by atoms with E-state index in [9.17, 15) is 9.18 Å². The zero-order valence-electron chi connectivity index (χ0n) is 17.4. The molecule has 4 aromatic rings. The smallest absolute Gasteiger partial charge is 0.268 e. The van der Waals surface area contributed by atoms with Gasteiger partial charge in [0.25, 0.3) is 5.91 Å². The van der Waals surface area contributed by atoms with Gasteiger partial charge in [0.05, 0.1) is 23.6 Å². The van der Waals surface area contributed by atoms with Crippen LogP contribution in [-0.2, 0) is 11.3 Å². The molecule has 0 saturated carbocycles. The molecule has 3 heterocycles. The maximum Gasteiger partial charge on any atom is 0.268 e. The SMILES string of the molecule is CCC1Oc2ccc(-c3csc(-c4ccccn4)n3)cc2N(Cc2ccc(F)cc2)C1=O. The van der Waals surface area contributed by atoms with Crippen LogP contribution in [-0.4, -0.2) is 22.0 Å². The molecule has 160 valence electrons. The number of ether oxygens (including phenoxy) is 1. The molecular weight excluding hydrogens is 425 g/mol. The summed E-state index contributed by atoms with van der Waals surface area (Å²) in [6.07, 6.45) is 1.78. The fourth-order valence-electron chi connectivity index (χ4n) is 3.69. The van der Waals surface area contributed by atoms with Crippen LogP contribution >= 0.6 is 11.3 Å². The van der Waals surface area contributed by atoms with Crippen LogP contribution in [0, 0.1) is 5.82 Å². The number of halogens is 1. The molecule has 0 aliphatic carbocycles. The van der Waals surface area contributed by atoms with Crippen LogP contribution in [0.1, 0.15) is 18.9 Å². The van der Waals surface area contributed by atoms with Gasteiger partial charge in [-0.3, -0.25) is 9.78 Å². The Hall–Kier alpha value is -3.58. The number of pyridine rings is 1. The van der Waals surface area contributed by atoms with Crippen molar-refractivity contribution in [3.05, 3.63) is 83.6 Å². The van der Waals surface area contributed by atoms with E-state index in [0.29, 0.717) is 24.4 Å². The molecule has 0 radical (unpaired) electrons. The van der Waals surface area contributed by atoms with Crippen LogP contribution in [0.15, 0.2) is 72.2 Å². The maximum absolute atomic E-state index is 13.4. The number of aromatic nitrogens is 2. The molecule has 0 fully saturated rings. The number of thiazole rings is 1. The van der Waals surface area contributed by atoms with Gasteiger partial charge in [-0.1, -0.05) is 25.1 Å². The monoisotopic (exact) mass is 445 g/mol. The highest BCUT2D eigenvalue weighted by Crippen LogP contribution is 2.39. The van der Waals surface area contributed by atoms with Gasteiger partial charge in [-0.2, -0.15) is 0 Å². The molecule has 2 aromatic heterocycles. The summed E-state index contributed by atoms with van der Waals surface area (Å²) in [4.78, 5) is 24.0. The van der Waals surface area contributed by atoms with Gasteiger partial charge in [-0.05, 0) is 54.4 Å². The summed E-state index contributed by atoms with van der Waals surface area (Å²) in [5.74, 6) is 0.250. The summed E-state index contributed by atoms with van der Waals surface area (Å²) in [7, 11) is 0. The van der Waals surface area contributed by atoms with E-state index in [1.54, 1.807) is 23.2 Å². The van der Waals surface area contributed by atoms with E-state index in [1.165, 1.54) is 23.5 Å². The number of benzene rings is 2. The van der Waals surface area contributed by atoms with E-state index >= 15 is 0 Å². The Morgan fingerprint density at radius 1 is 1.09 bits per heavy atom. The lowest BCUT2D eigenvalue weighted by Gasteiger charge is -2.34. The summed E-state index contributed by atoms with van der Waals surface area (Å²) < 4.78 is 19.3. The fraction of sp³-hybridized carbons (Fsp3) is 0.160. The number of carbonyl (C=O) groups excluding carboxylic acids is 1. The van der Waals surface area contributed by atoms with E-state index < -0.39 is 6.10 Å². The van der Waals surface area contributed by atoms with Gasteiger partial charge in [-0.15, -0.1) is 11.3 Å². The molecule has 0 spiro atoms. The number of carbonyl (C=O) groups is 1. The van der Waals surface area contributed by atoms with Crippen molar-refractivity contribution in [2.24, 2.45) is 0 Å². The summed E-state index contributed by atoms with van der Waals surface area (Å²) >= 11 is 1.52. The first-order valence-corrected chi connectivity index (χ1v) is 11.2. The molecule has 1 unspecified atom stereocenters. The molecule has 5 rings (SSSR count). The van der Waals surface area contributed by atoms with Crippen LogP contribution in [0.5, 0.6) is 5.75 Å². The minimum Gasteiger partial charge on any atom is -0.478 e. The van der Waals surface area contributed by atoms with Crippen LogP contribution in [0.25, 0.3) is 22.0 Å². The van der Waals surface area contributed by atoms with Gasteiger partial charge < -0.3 is 9.64 Å². The van der Waals surface area contributed by atoms with Crippen molar-refractivity contribution in [3.8, 4) is 27.7 Å². The van der Waals surface area contributed by atoms with E-state index in [2.05, 4.69) is 4.98 Å². The Morgan fingerprint density at radius 3 is 2.69 bits per heavy atom. The molecule has 0 N–H and O–H groups in total. The third kappa shape index (κ3) is 3.87. The largest absolute Gasteiger partial charge is 0.478 e. The van der Waals surface area contributed by atoms with E-state index in [1.807, 2.05) is 48.7 Å². The van der Waals surface area contributed by atoms with Crippen molar-refractivity contribution >= 4 is 22.9 Å². The van der Waals surface area contributed by atoms with E-state index in [-0.39, 0.29) is 11.7 Å². The van der Waals surface area contributed by atoms with Gasteiger partial charge >= 0.3 is 0 Å². The molecule has 32 heavy (non-hydrogen) atoms. The standard InChI is InChI=1S/C25H20FN3O2S/c1-2-22-25(30)29(14-16-6-9-18(26)10-7-16)21-13-17(8-11-23(21)31-22)20-15-32-24(28-20)19-5-3-4-12-27-19/h3-13,15,22H,2,14H2,1H3. The van der Waals surface area contributed by atoms with Gasteiger partial charge in [0.2, 0.25) is 0 Å². The van der Waals surface area contributed by atoms with Gasteiger partial charge in [0.1, 0.15) is 16.6 Å². The number of nitrogens with zero attached hydrogens (tertiary/aromatic N) is 3. The lowest BCUT2D eigenvalue weighted by atomic mass is 10.1. The number of amides is 1. The Bertz CT molecular complexity index is 1260. The molecule has 7 heteroatoms. The molecule has 1 aliphatic rings. The average Bonchev–Trinajstić information content (AvgIpc) is 3.33. The first-order chi connectivity index (χ1) is 15.6. The quantitative estimate of drug-likeness (QED) is 0.395. The molecule has 1 atom stereocenters. The second kappa shape index (κ2) is 8.51. The maximum atomic E-state index is 13.4. The van der Waals surface area contributed by atoms with Crippen LogP contribution in [0.3, 0.4) is 0 Å². The van der Waals surface area contributed by atoms with Crippen molar-refractivity contribution in [1.82, 2.24) is 9.97 Å². The Balaban J connectivity index is 1.51. The summed E-state index contributed by atoms with van der Waals surface area (Å²) in [6, 6.07) is 17.7.